The number of hydrogen-bond acceptors (Lipinski definition) is 2. The molecule has 1 aromatic rings. The van der Waals surface area contributed by atoms with Crippen LogP contribution < -0.4 is 5.73 Å². The minimum atomic E-state index is -1.07. The third-order valence-corrected chi connectivity index (χ3v) is 3.71. The summed E-state index contributed by atoms with van der Waals surface area (Å²) in [7, 11) is 0. The Morgan fingerprint density at radius 1 is 1.33 bits per heavy atom. The summed E-state index contributed by atoms with van der Waals surface area (Å²) in [5.74, 6) is -1.61. The molecule has 0 aliphatic heterocycles. The molecule has 18 heavy (non-hydrogen) atoms. The van der Waals surface area contributed by atoms with E-state index in [9.17, 15) is 13.9 Å². The van der Waals surface area contributed by atoms with Gasteiger partial charge in [-0.3, -0.25) is 0 Å². The predicted octanol–water partition coefficient (Wildman–Crippen LogP) is 3.20. The van der Waals surface area contributed by atoms with E-state index in [4.69, 9.17) is 17.3 Å². The van der Waals surface area contributed by atoms with Gasteiger partial charge in [-0.05, 0) is 30.9 Å². The van der Waals surface area contributed by atoms with E-state index < -0.39 is 23.8 Å². The van der Waals surface area contributed by atoms with Gasteiger partial charge in [-0.2, -0.15) is 0 Å². The highest BCUT2D eigenvalue weighted by Gasteiger charge is 2.33. The van der Waals surface area contributed by atoms with Crippen molar-refractivity contribution in [2.75, 3.05) is 0 Å². The van der Waals surface area contributed by atoms with Crippen LogP contribution in [0.25, 0.3) is 0 Å². The molecule has 102 valence electrons. The summed E-state index contributed by atoms with van der Waals surface area (Å²) in [6.07, 6.45) is 1.79. The zero-order valence-electron chi connectivity index (χ0n) is 9.57. The van der Waals surface area contributed by atoms with E-state index in [1.165, 1.54) is 0 Å². The molecule has 2 atom stereocenters. The summed E-state index contributed by atoms with van der Waals surface area (Å²) >= 11 is 5.58. The Morgan fingerprint density at radius 2 is 1.94 bits per heavy atom. The fraction of sp³-hybridized carbons (Fsp3) is 0.500. The summed E-state index contributed by atoms with van der Waals surface area (Å²) in [6, 6.07) is 1.13. The molecule has 1 saturated carbocycles. The van der Waals surface area contributed by atoms with Crippen molar-refractivity contribution in [3.8, 4) is 0 Å². The van der Waals surface area contributed by atoms with E-state index >= 15 is 0 Å². The Kier molecular flexibility index (Phi) is 5.34. The van der Waals surface area contributed by atoms with E-state index in [0.29, 0.717) is 0 Å². The first kappa shape index (κ1) is 15.6. The molecule has 1 aliphatic carbocycles. The average molecular weight is 298 g/mol. The van der Waals surface area contributed by atoms with Crippen LogP contribution in [0.3, 0.4) is 0 Å². The van der Waals surface area contributed by atoms with E-state index in [1.54, 1.807) is 0 Å². The largest absolute Gasteiger partial charge is 0.391 e. The first-order valence-electron chi connectivity index (χ1n) is 5.59. The predicted molar refractivity (Wildman–Crippen MR) is 68.9 cm³/mol. The third kappa shape index (κ3) is 2.77. The minimum Gasteiger partial charge on any atom is -0.391 e. The normalized spacial score (nSPS) is 18.7. The van der Waals surface area contributed by atoms with Crippen molar-refractivity contribution in [3.05, 3.63) is 34.4 Å². The van der Waals surface area contributed by atoms with Crippen LogP contribution >= 0.6 is 24.0 Å². The second-order valence-corrected chi connectivity index (χ2v) is 4.87. The van der Waals surface area contributed by atoms with Gasteiger partial charge < -0.3 is 10.8 Å². The SMILES string of the molecule is Cl.N[C@H](c1c(F)ccc(Cl)c1F)[C@@H](O)C1CCC1. The Balaban J connectivity index is 0.00000162. The molecule has 0 unspecified atom stereocenters. The van der Waals surface area contributed by atoms with Crippen molar-refractivity contribution in [3.63, 3.8) is 0 Å². The number of benzene rings is 1. The molecule has 6 heteroatoms. The quantitative estimate of drug-likeness (QED) is 0.842. The van der Waals surface area contributed by atoms with Crippen molar-refractivity contribution in [2.24, 2.45) is 11.7 Å². The van der Waals surface area contributed by atoms with Gasteiger partial charge in [0.2, 0.25) is 0 Å². The van der Waals surface area contributed by atoms with Gasteiger partial charge >= 0.3 is 0 Å². The first-order chi connectivity index (χ1) is 8.02. The lowest BCUT2D eigenvalue weighted by atomic mass is 9.77. The zero-order valence-corrected chi connectivity index (χ0v) is 11.1. The van der Waals surface area contributed by atoms with Crippen molar-refractivity contribution in [2.45, 2.75) is 31.4 Å². The minimum absolute atomic E-state index is 0. The molecule has 0 bridgehead atoms. The second kappa shape index (κ2) is 6.15. The van der Waals surface area contributed by atoms with E-state index in [1.807, 2.05) is 0 Å². The van der Waals surface area contributed by atoms with Crippen LogP contribution in [0, 0.1) is 17.6 Å². The van der Waals surface area contributed by atoms with Gasteiger partial charge in [-0.25, -0.2) is 8.78 Å². The van der Waals surface area contributed by atoms with E-state index in [0.717, 1.165) is 31.4 Å². The summed E-state index contributed by atoms with van der Waals surface area (Å²) in [5.41, 5.74) is 5.41. The molecule has 1 fully saturated rings. The van der Waals surface area contributed by atoms with Crippen LogP contribution in [-0.4, -0.2) is 11.2 Å². The maximum atomic E-state index is 13.7. The van der Waals surface area contributed by atoms with Gasteiger partial charge in [0.1, 0.15) is 11.6 Å². The lowest BCUT2D eigenvalue weighted by Gasteiger charge is -2.34. The van der Waals surface area contributed by atoms with Crippen LogP contribution in [0.15, 0.2) is 12.1 Å². The number of aliphatic hydroxyl groups excluding tert-OH is 1. The molecule has 1 aromatic carbocycles. The topological polar surface area (TPSA) is 46.2 Å². The monoisotopic (exact) mass is 297 g/mol. The third-order valence-electron chi connectivity index (χ3n) is 3.41. The van der Waals surface area contributed by atoms with E-state index in [2.05, 4.69) is 0 Å². The molecule has 0 amide bonds. The molecule has 0 spiro atoms. The number of aliphatic hydroxyl groups is 1. The Hall–Kier alpha value is -0.420. The Bertz CT molecular complexity index is 427. The Morgan fingerprint density at radius 3 is 2.44 bits per heavy atom. The standard InChI is InChI=1S/C12H14ClF2NO.ClH/c13-7-4-5-8(14)9(10(7)15)11(16)12(17)6-2-1-3-6;/h4-6,11-12,17H,1-3,16H2;1H/t11-,12+;/m1./s1. The fourth-order valence-corrected chi connectivity index (χ4v) is 2.26. The molecular weight excluding hydrogens is 283 g/mol. The first-order valence-corrected chi connectivity index (χ1v) is 5.97. The molecule has 2 nitrogen and oxygen atoms in total. The second-order valence-electron chi connectivity index (χ2n) is 4.46. The molecule has 0 radical (unpaired) electrons. The van der Waals surface area contributed by atoms with Crippen molar-refractivity contribution in [1.82, 2.24) is 0 Å². The summed E-state index contributed by atoms with van der Waals surface area (Å²) < 4.78 is 27.2. The highest BCUT2D eigenvalue weighted by molar-refractivity contribution is 6.30. The number of hydrogen-bond donors (Lipinski definition) is 2. The smallest absolute Gasteiger partial charge is 0.149 e. The average Bonchev–Trinajstić information content (AvgIpc) is 2.21. The number of nitrogens with two attached hydrogens (primary N) is 1. The number of rotatable bonds is 3. The van der Waals surface area contributed by atoms with Crippen LogP contribution in [-0.2, 0) is 0 Å². The van der Waals surface area contributed by atoms with Crippen LogP contribution in [0.5, 0.6) is 0 Å². The van der Waals surface area contributed by atoms with Crippen molar-refractivity contribution in [1.29, 1.82) is 0 Å². The highest BCUT2D eigenvalue weighted by atomic mass is 35.5. The van der Waals surface area contributed by atoms with E-state index in [-0.39, 0.29) is 28.9 Å². The lowest BCUT2D eigenvalue weighted by molar-refractivity contribution is 0.0395. The summed E-state index contributed by atoms with van der Waals surface area (Å²) in [6.45, 7) is 0. The van der Waals surface area contributed by atoms with Gasteiger partial charge in [0.05, 0.1) is 17.2 Å². The molecule has 1 aliphatic rings. The molecule has 0 aromatic heterocycles. The molecule has 3 N–H and O–H groups in total. The summed E-state index contributed by atoms with van der Waals surface area (Å²) in [4.78, 5) is 0. The fourth-order valence-electron chi connectivity index (χ4n) is 2.09. The van der Waals surface area contributed by atoms with Gasteiger partial charge in [-0.15, -0.1) is 12.4 Å². The van der Waals surface area contributed by atoms with Gasteiger partial charge in [0.15, 0.2) is 0 Å². The Labute approximate surface area is 116 Å². The van der Waals surface area contributed by atoms with Crippen molar-refractivity contribution < 1.29 is 13.9 Å². The van der Waals surface area contributed by atoms with Gasteiger partial charge in [0.25, 0.3) is 0 Å². The molecule has 2 rings (SSSR count). The summed E-state index contributed by atoms with van der Waals surface area (Å²) in [5, 5.41) is 9.75. The lowest BCUT2D eigenvalue weighted by Crippen LogP contribution is -2.37. The maximum Gasteiger partial charge on any atom is 0.149 e. The van der Waals surface area contributed by atoms with Gasteiger partial charge in [0, 0.05) is 5.56 Å². The highest BCUT2D eigenvalue weighted by Crippen LogP contribution is 2.36. The molecular formula is C12H15Cl2F2NO. The molecule has 0 saturated heterocycles. The van der Waals surface area contributed by atoms with Crippen LogP contribution in [0.4, 0.5) is 8.78 Å². The number of halogens is 4. The zero-order chi connectivity index (χ0) is 12.6. The maximum absolute atomic E-state index is 13.7. The van der Waals surface area contributed by atoms with Crippen LogP contribution in [0.1, 0.15) is 30.9 Å². The van der Waals surface area contributed by atoms with Crippen LogP contribution in [0.2, 0.25) is 5.02 Å². The van der Waals surface area contributed by atoms with Crippen molar-refractivity contribution >= 4 is 24.0 Å². The molecule has 0 heterocycles. The van der Waals surface area contributed by atoms with Gasteiger partial charge in [-0.1, -0.05) is 18.0 Å².